The predicted molar refractivity (Wildman–Crippen MR) is 91.5 cm³/mol. The van der Waals surface area contributed by atoms with E-state index in [0.29, 0.717) is 0 Å². The van der Waals surface area contributed by atoms with Gasteiger partial charge in [-0.3, -0.25) is 4.79 Å². The van der Waals surface area contributed by atoms with E-state index in [1.807, 2.05) is 13.0 Å². The van der Waals surface area contributed by atoms with Gasteiger partial charge < -0.3 is 5.32 Å². The van der Waals surface area contributed by atoms with Crippen molar-refractivity contribution < 1.29 is 4.79 Å². The van der Waals surface area contributed by atoms with Crippen LogP contribution in [0.15, 0.2) is 11.6 Å². The summed E-state index contributed by atoms with van der Waals surface area (Å²) in [5, 5.41) is 2.93. The Hall–Kier alpha value is -1.16. The van der Waals surface area contributed by atoms with Crippen LogP contribution in [0.1, 0.15) is 68.9 Å². The van der Waals surface area contributed by atoms with Gasteiger partial charge >= 0.3 is 0 Å². The minimum atomic E-state index is -0.00857. The number of unbranched alkanes of at least 4 members (excludes halogenated alkanes) is 7. The van der Waals surface area contributed by atoms with E-state index in [-0.39, 0.29) is 5.91 Å². The molecule has 1 rings (SSSR count). The molecule has 0 aliphatic carbocycles. The third-order valence-electron chi connectivity index (χ3n) is 3.50. The van der Waals surface area contributed by atoms with E-state index < -0.39 is 0 Å². The second-order valence-corrected chi connectivity index (χ2v) is 6.29. The van der Waals surface area contributed by atoms with Crippen molar-refractivity contribution in [3.8, 4) is 0 Å². The maximum Gasteiger partial charge on any atom is 0.244 e. The van der Waals surface area contributed by atoms with Crippen LogP contribution in [0, 0.1) is 6.92 Å². The molecule has 0 spiro atoms. The average Bonchev–Trinajstić information content (AvgIpc) is 2.89. The lowest BCUT2D eigenvalue weighted by atomic mass is 10.1. The van der Waals surface area contributed by atoms with Gasteiger partial charge in [-0.05, 0) is 19.4 Å². The number of nitrogens with one attached hydrogen (secondary N) is 1. The summed E-state index contributed by atoms with van der Waals surface area (Å²) in [6.45, 7) is 4.97. The van der Waals surface area contributed by atoms with Crippen LogP contribution in [0.2, 0.25) is 0 Å². The van der Waals surface area contributed by atoms with Gasteiger partial charge in [0.1, 0.15) is 0 Å². The summed E-state index contributed by atoms with van der Waals surface area (Å²) in [6.07, 6.45) is 13.8. The van der Waals surface area contributed by atoms with Crippen LogP contribution in [-0.2, 0) is 4.79 Å². The number of hydrogen-bond donors (Lipinski definition) is 1. The van der Waals surface area contributed by atoms with Crippen molar-refractivity contribution in [2.75, 3.05) is 6.54 Å². The molecule has 4 heteroatoms. The molecule has 118 valence electrons. The SMILES string of the molecule is CCCCCCCCCCNC(=O)/C=C/c1scnc1C. The van der Waals surface area contributed by atoms with Gasteiger partial charge in [0.15, 0.2) is 0 Å². The molecule has 0 aliphatic heterocycles. The first kappa shape index (κ1) is 17.9. The molecule has 1 heterocycles. The molecule has 0 unspecified atom stereocenters. The van der Waals surface area contributed by atoms with Gasteiger partial charge in [-0.15, -0.1) is 11.3 Å². The lowest BCUT2D eigenvalue weighted by Gasteiger charge is -2.03. The molecule has 0 saturated heterocycles. The molecule has 0 aromatic carbocycles. The van der Waals surface area contributed by atoms with Crippen LogP contribution in [0.25, 0.3) is 6.08 Å². The predicted octanol–water partition coefficient (Wildman–Crippen LogP) is 4.72. The van der Waals surface area contributed by atoms with E-state index in [0.717, 1.165) is 23.5 Å². The first-order valence-electron chi connectivity index (χ1n) is 8.10. The molecule has 1 amide bonds. The van der Waals surface area contributed by atoms with Crippen LogP contribution in [0.5, 0.6) is 0 Å². The number of carbonyl (C=O) groups is 1. The van der Waals surface area contributed by atoms with Gasteiger partial charge in [-0.25, -0.2) is 4.98 Å². The molecule has 0 fully saturated rings. The Bertz CT molecular complexity index is 426. The Morgan fingerprint density at radius 3 is 2.48 bits per heavy atom. The molecule has 0 bridgehead atoms. The van der Waals surface area contributed by atoms with Crippen molar-refractivity contribution in [1.82, 2.24) is 10.3 Å². The van der Waals surface area contributed by atoms with Crippen molar-refractivity contribution in [1.29, 1.82) is 0 Å². The third-order valence-corrected chi connectivity index (χ3v) is 4.39. The van der Waals surface area contributed by atoms with E-state index in [2.05, 4.69) is 17.2 Å². The minimum absolute atomic E-state index is 0.00857. The van der Waals surface area contributed by atoms with Gasteiger partial charge in [-0.2, -0.15) is 0 Å². The second kappa shape index (κ2) is 11.5. The standard InChI is InChI=1S/C17H28N2OS/c1-3-4-5-6-7-8-9-10-13-18-17(20)12-11-16-15(2)19-14-21-16/h11-12,14H,3-10,13H2,1-2H3,(H,18,20)/b12-11+. The monoisotopic (exact) mass is 308 g/mol. The lowest BCUT2D eigenvalue weighted by Crippen LogP contribution is -2.21. The zero-order chi connectivity index (χ0) is 15.3. The Labute approximate surface area is 132 Å². The van der Waals surface area contributed by atoms with Gasteiger partial charge in [0, 0.05) is 17.5 Å². The highest BCUT2D eigenvalue weighted by atomic mass is 32.1. The number of aryl methyl sites for hydroxylation is 1. The van der Waals surface area contributed by atoms with E-state index in [1.54, 1.807) is 22.9 Å². The highest BCUT2D eigenvalue weighted by Crippen LogP contribution is 2.13. The number of thiazole rings is 1. The fourth-order valence-corrected chi connectivity index (χ4v) is 2.85. The first-order valence-corrected chi connectivity index (χ1v) is 8.98. The second-order valence-electron chi connectivity index (χ2n) is 5.40. The van der Waals surface area contributed by atoms with E-state index in [1.165, 1.54) is 44.9 Å². The van der Waals surface area contributed by atoms with Crippen molar-refractivity contribution >= 4 is 23.3 Å². The van der Waals surface area contributed by atoms with Crippen molar-refractivity contribution in [2.45, 2.75) is 65.2 Å². The Morgan fingerprint density at radius 1 is 1.19 bits per heavy atom. The Morgan fingerprint density at radius 2 is 1.86 bits per heavy atom. The largest absolute Gasteiger partial charge is 0.353 e. The molecule has 21 heavy (non-hydrogen) atoms. The highest BCUT2D eigenvalue weighted by molar-refractivity contribution is 7.10. The summed E-state index contributed by atoms with van der Waals surface area (Å²) in [6, 6.07) is 0. The molecule has 0 saturated carbocycles. The number of amides is 1. The van der Waals surface area contributed by atoms with E-state index in [9.17, 15) is 4.79 Å². The summed E-state index contributed by atoms with van der Waals surface area (Å²) < 4.78 is 0. The topological polar surface area (TPSA) is 42.0 Å². The lowest BCUT2D eigenvalue weighted by molar-refractivity contribution is -0.116. The van der Waals surface area contributed by atoms with Crippen molar-refractivity contribution in [3.05, 3.63) is 22.2 Å². The number of aromatic nitrogens is 1. The molecule has 1 aromatic rings. The molecule has 1 N–H and O–H groups in total. The molecule has 0 aliphatic rings. The van der Waals surface area contributed by atoms with Crippen molar-refractivity contribution in [2.24, 2.45) is 0 Å². The minimum Gasteiger partial charge on any atom is -0.353 e. The van der Waals surface area contributed by atoms with Gasteiger partial charge in [0.2, 0.25) is 5.91 Å². The van der Waals surface area contributed by atoms with Crippen LogP contribution < -0.4 is 5.32 Å². The molecule has 3 nitrogen and oxygen atoms in total. The molecule has 1 aromatic heterocycles. The quantitative estimate of drug-likeness (QED) is 0.474. The third kappa shape index (κ3) is 8.66. The van der Waals surface area contributed by atoms with Crippen LogP contribution >= 0.6 is 11.3 Å². The maximum atomic E-state index is 11.6. The zero-order valence-corrected chi connectivity index (χ0v) is 14.2. The molecule has 0 atom stereocenters. The smallest absolute Gasteiger partial charge is 0.244 e. The molecule has 0 radical (unpaired) electrons. The highest BCUT2D eigenvalue weighted by Gasteiger charge is 1.99. The van der Waals surface area contributed by atoms with Gasteiger partial charge in [0.05, 0.1) is 11.2 Å². The summed E-state index contributed by atoms with van der Waals surface area (Å²) in [5.41, 5.74) is 2.78. The summed E-state index contributed by atoms with van der Waals surface area (Å²) in [7, 11) is 0. The Balaban J connectivity index is 1.99. The summed E-state index contributed by atoms with van der Waals surface area (Å²) in [4.78, 5) is 16.8. The first-order chi connectivity index (χ1) is 10.2. The number of rotatable bonds is 11. The number of carbonyl (C=O) groups excluding carboxylic acids is 1. The van der Waals surface area contributed by atoms with E-state index in [4.69, 9.17) is 0 Å². The van der Waals surface area contributed by atoms with E-state index >= 15 is 0 Å². The van der Waals surface area contributed by atoms with Gasteiger partial charge in [-0.1, -0.05) is 51.9 Å². The number of nitrogens with zero attached hydrogens (tertiary/aromatic N) is 1. The fraction of sp³-hybridized carbons (Fsp3) is 0.647. The fourth-order valence-electron chi connectivity index (χ4n) is 2.15. The molecular formula is C17H28N2OS. The van der Waals surface area contributed by atoms with Crippen molar-refractivity contribution in [3.63, 3.8) is 0 Å². The van der Waals surface area contributed by atoms with Crippen LogP contribution in [0.4, 0.5) is 0 Å². The summed E-state index contributed by atoms with van der Waals surface area (Å²) >= 11 is 1.56. The summed E-state index contributed by atoms with van der Waals surface area (Å²) in [5.74, 6) is -0.00857. The maximum absolute atomic E-state index is 11.6. The van der Waals surface area contributed by atoms with Gasteiger partial charge in [0.25, 0.3) is 0 Å². The number of hydrogen-bond acceptors (Lipinski definition) is 3. The molecular weight excluding hydrogens is 280 g/mol. The van der Waals surface area contributed by atoms with Crippen LogP contribution in [0.3, 0.4) is 0 Å². The van der Waals surface area contributed by atoms with Crippen LogP contribution in [-0.4, -0.2) is 17.4 Å². The normalized spacial score (nSPS) is 11.1. The average molecular weight is 308 g/mol. The zero-order valence-electron chi connectivity index (χ0n) is 13.4. The Kier molecular flexibility index (Phi) is 9.79.